The van der Waals surface area contributed by atoms with E-state index in [1.165, 1.54) is 14.2 Å². The largest absolute Gasteiger partial charge is 0.469 e. The summed E-state index contributed by atoms with van der Waals surface area (Å²) in [5, 5.41) is 2.57. The maximum Gasteiger partial charge on any atom is 0.329 e. The number of H-pyrrole nitrogens is 1. The number of urea groups is 1. The van der Waals surface area contributed by atoms with Crippen LogP contribution in [0.4, 0.5) is 4.79 Å². The smallest absolute Gasteiger partial charge is 0.329 e. The molecule has 0 aromatic carbocycles. The first-order chi connectivity index (χ1) is 13.5. The van der Waals surface area contributed by atoms with E-state index in [9.17, 15) is 14.4 Å². The zero-order valence-electron chi connectivity index (χ0n) is 15.5. The van der Waals surface area contributed by atoms with Crippen molar-refractivity contribution in [1.82, 2.24) is 25.2 Å². The van der Waals surface area contributed by atoms with Crippen LogP contribution in [0.25, 0.3) is 0 Å². The fourth-order valence-corrected chi connectivity index (χ4v) is 3.15. The summed E-state index contributed by atoms with van der Waals surface area (Å²) in [6.07, 6.45) is 3.47. The van der Waals surface area contributed by atoms with Crippen molar-refractivity contribution in [1.29, 1.82) is 0 Å². The van der Waals surface area contributed by atoms with Gasteiger partial charge in [-0.25, -0.2) is 14.6 Å². The number of ether oxygens (including phenoxy) is 2. The Morgan fingerprint density at radius 1 is 1.29 bits per heavy atom. The molecule has 0 spiro atoms. The Balaban J connectivity index is 1.86. The standard InChI is InChI=1S/C18H21N5O5/c1-27-14(24)9-13(17(25)28-2)22-18(26)23-8-6-11-15(21-10-20-11)16(23)12-5-3-4-7-19-12/h3-5,7,10,13,16H,6,8-9H2,1-2H3,(H,20,21)(H,22,26)/t13-,16?/m0/s1. The van der Waals surface area contributed by atoms with Gasteiger partial charge >= 0.3 is 18.0 Å². The average molecular weight is 387 g/mol. The third-order valence-corrected chi connectivity index (χ3v) is 4.54. The maximum absolute atomic E-state index is 13.0. The summed E-state index contributed by atoms with van der Waals surface area (Å²) in [4.78, 5) is 49.9. The number of nitrogens with one attached hydrogen (secondary N) is 2. The Hall–Kier alpha value is -3.43. The molecule has 148 valence electrons. The Labute approximate surface area is 161 Å². The Kier molecular flexibility index (Phi) is 5.87. The summed E-state index contributed by atoms with van der Waals surface area (Å²) >= 11 is 0. The van der Waals surface area contributed by atoms with Crippen LogP contribution in [-0.4, -0.2) is 64.6 Å². The molecule has 2 atom stereocenters. The fraction of sp³-hybridized carbons (Fsp3) is 0.389. The van der Waals surface area contributed by atoms with Crippen LogP contribution in [0, 0.1) is 0 Å². The first-order valence-corrected chi connectivity index (χ1v) is 8.70. The van der Waals surface area contributed by atoms with E-state index in [-0.39, 0.29) is 6.42 Å². The number of nitrogens with zero attached hydrogens (tertiary/aromatic N) is 3. The number of hydrogen-bond donors (Lipinski definition) is 2. The van der Waals surface area contributed by atoms with Crippen LogP contribution in [0.5, 0.6) is 0 Å². The molecule has 28 heavy (non-hydrogen) atoms. The summed E-state index contributed by atoms with van der Waals surface area (Å²) in [6, 6.07) is 3.21. The lowest BCUT2D eigenvalue weighted by molar-refractivity contribution is -0.149. The second-order valence-corrected chi connectivity index (χ2v) is 6.17. The Bertz CT molecular complexity index is 853. The molecule has 2 N–H and O–H groups in total. The molecule has 0 radical (unpaired) electrons. The van der Waals surface area contributed by atoms with Crippen molar-refractivity contribution in [2.75, 3.05) is 20.8 Å². The molecule has 0 saturated carbocycles. The SMILES string of the molecule is COC(=O)C[C@H](NC(=O)N1CCc2[nH]cnc2C1c1ccccn1)C(=O)OC. The lowest BCUT2D eigenvalue weighted by Crippen LogP contribution is -2.52. The number of esters is 2. The molecule has 2 amide bonds. The van der Waals surface area contributed by atoms with E-state index < -0.39 is 30.1 Å². The van der Waals surface area contributed by atoms with Crippen molar-refractivity contribution in [2.24, 2.45) is 0 Å². The fourth-order valence-electron chi connectivity index (χ4n) is 3.15. The maximum atomic E-state index is 13.0. The number of rotatable bonds is 5. The van der Waals surface area contributed by atoms with Crippen molar-refractivity contribution >= 4 is 18.0 Å². The highest BCUT2D eigenvalue weighted by molar-refractivity contribution is 5.87. The van der Waals surface area contributed by atoms with Crippen molar-refractivity contribution in [3.63, 3.8) is 0 Å². The Morgan fingerprint density at radius 2 is 2.11 bits per heavy atom. The number of pyridine rings is 1. The molecule has 0 fully saturated rings. The van der Waals surface area contributed by atoms with E-state index in [0.717, 1.165) is 5.69 Å². The van der Waals surface area contributed by atoms with Crippen molar-refractivity contribution in [3.05, 3.63) is 47.8 Å². The molecule has 0 aliphatic carbocycles. The number of imidazole rings is 1. The topological polar surface area (TPSA) is 127 Å². The molecule has 3 heterocycles. The summed E-state index contributed by atoms with van der Waals surface area (Å²) in [5.74, 6) is -1.36. The van der Waals surface area contributed by atoms with E-state index in [0.29, 0.717) is 24.4 Å². The molecule has 2 aromatic heterocycles. The molecule has 10 nitrogen and oxygen atoms in total. The van der Waals surface area contributed by atoms with Crippen LogP contribution in [0.2, 0.25) is 0 Å². The predicted molar refractivity (Wildman–Crippen MR) is 96.0 cm³/mol. The second-order valence-electron chi connectivity index (χ2n) is 6.17. The Morgan fingerprint density at radius 3 is 2.79 bits per heavy atom. The number of fused-ring (bicyclic) bond motifs is 1. The molecule has 1 aliphatic heterocycles. The first-order valence-electron chi connectivity index (χ1n) is 8.70. The van der Waals surface area contributed by atoms with Crippen LogP contribution in [0.3, 0.4) is 0 Å². The van der Waals surface area contributed by atoms with Crippen LogP contribution in [-0.2, 0) is 25.5 Å². The van der Waals surface area contributed by atoms with Crippen LogP contribution < -0.4 is 5.32 Å². The van der Waals surface area contributed by atoms with Gasteiger partial charge in [0.1, 0.15) is 12.1 Å². The van der Waals surface area contributed by atoms with Gasteiger partial charge in [-0.05, 0) is 12.1 Å². The molecule has 1 aliphatic rings. The van der Waals surface area contributed by atoms with Gasteiger partial charge in [0.25, 0.3) is 0 Å². The van der Waals surface area contributed by atoms with Crippen molar-refractivity contribution in [3.8, 4) is 0 Å². The van der Waals surface area contributed by atoms with Gasteiger partial charge in [0.2, 0.25) is 0 Å². The van der Waals surface area contributed by atoms with Gasteiger partial charge in [0.05, 0.1) is 38.4 Å². The minimum atomic E-state index is -1.16. The number of hydrogen-bond acceptors (Lipinski definition) is 7. The van der Waals surface area contributed by atoms with Gasteiger partial charge in [-0.2, -0.15) is 0 Å². The van der Waals surface area contributed by atoms with E-state index in [1.807, 2.05) is 6.07 Å². The third-order valence-electron chi connectivity index (χ3n) is 4.54. The average Bonchev–Trinajstić information content (AvgIpc) is 3.21. The summed E-state index contributed by atoms with van der Waals surface area (Å²) in [7, 11) is 2.39. The highest BCUT2D eigenvalue weighted by atomic mass is 16.5. The summed E-state index contributed by atoms with van der Waals surface area (Å²) < 4.78 is 9.28. The minimum absolute atomic E-state index is 0.329. The molecule has 0 bridgehead atoms. The van der Waals surface area contributed by atoms with Gasteiger partial charge in [0, 0.05) is 24.9 Å². The van der Waals surface area contributed by atoms with Gasteiger partial charge in [-0.3, -0.25) is 9.78 Å². The normalized spacial score (nSPS) is 16.6. The quantitative estimate of drug-likeness (QED) is 0.718. The number of methoxy groups -OCH3 is 2. The number of aromatic amines is 1. The summed E-state index contributed by atoms with van der Waals surface area (Å²) in [5.41, 5.74) is 2.27. The van der Waals surface area contributed by atoms with E-state index in [4.69, 9.17) is 4.74 Å². The van der Waals surface area contributed by atoms with E-state index in [2.05, 4.69) is 25.0 Å². The molecule has 3 rings (SSSR count). The van der Waals surface area contributed by atoms with Crippen molar-refractivity contribution in [2.45, 2.75) is 24.9 Å². The zero-order chi connectivity index (χ0) is 20.1. The highest BCUT2D eigenvalue weighted by Crippen LogP contribution is 2.32. The zero-order valence-corrected chi connectivity index (χ0v) is 15.5. The number of carbonyl (C=O) groups excluding carboxylic acids is 3. The molecule has 10 heteroatoms. The van der Waals surface area contributed by atoms with Crippen LogP contribution in [0.15, 0.2) is 30.7 Å². The van der Waals surface area contributed by atoms with Gasteiger partial charge in [-0.1, -0.05) is 6.07 Å². The monoisotopic (exact) mass is 387 g/mol. The lowest BCUT2D eigenvalue weighted by Gasteiger charge is -2.35. The van der Waals surface area contributed by atoms with Crippen molar-refractivity contribution < 1.29 is 23.9 Å². The third kappa shape index (κ3) is 3.95. The predicted octanol–water partition coefficient (Wildman–Crippen LogP) is 0.567. The van der Waals surface area contributed by atoms with E-state index in [1.54, 1.807) is 29.6 Å². The molecular weight excluding hydrogens is 366 g/mol. The highest BCUT2D eigenvalue weighted by Gasteiger charge is 2.37. The number of aromatic nitrogens is 3. The summed E-state index contributed by atoms with van der Waals surface area (Å²) in [6.45, 7) is 0.383. The molecule has 1 unspecified atom stereocenters. The lowest BCUT2D eigenvalue weighted by atomic mass is 9.99. The van der Waals surface area contributed by atoms with Crippen LogP contribution >= 0.6 is 0 Å². The number of amides is 2. The second kappa shape index (κ2) is 8.51. The van der Waals surface area contributed by atoms with Gasteiger partial charge in [-0.15, -0.1) is 0 Å². The minimum Gasteiger partial charge on any atom is -0.469 e. The number of carbonyl (C=O) groups is 3. The molecule has 0 saturated heterocycles. The first kappa shape index (κ1) is 19.3. The van der Waals surface area contributed by atoms with Crippen LogP contribution in [0.1, 0.15) is 29.5 Å². The van der Waals surface area contributed by atoms with Gasteiger partial charge in [0.15, 0.2) is 0 Å². The van der Waals surface area contributed by atoms with Gasteiger partial charge < -0.3 is 24.7 Å². The van der Waals surface area contributed by atoms with E-state index >= 15 is 0 Å². The molecule has 2 aromatic rings. The molecular formula is C18H21N5O5.